The predicted molar refractivity (Wildman–Crippen MR) is 124 cm³/mol. The molecule has 33 heavy (non-hydrogen) atoms. The molecule has 0 spiro atoms. The van der Waals surface area contributed by atoms with Crippen molar-refractivity contribution >= 4 is 40.3 Å². The van der Waals surface area contributed by atoms with Gasteiger partial charge >= 0.3 is 6.09 Å². The molecule has 0 bridgehead atoms. The molecule has 1 aromatic carbocycles. The highest BCUT2D eigenvalue weighted by Gasteiger charge is 2.34. The summed E-state index contributed by atoms with van der Waals surface area (Å²) in [5.41, 5.74) is -0.431. The molecule has 3 rings (SSSR count). The van der Waals surface area contributed by atoms with Gasteiger partial charge in [0.15, 0.2) is 0 Å². The molecule has 9 nitrogen and oxygen atoms in total. The molecule has 0 unspecified atom stereocenters. The molecule has 2 N–H and O–H groups in total. The number of methoxy groups -OCH3 is 1. The number of rotatable bonds is 5. The number of pyridine rings is 1. The van der Waals surface area contributed by atoms with Gasteiger partial charge in [0.2, 0.25) is 5.91 Å². The zero-order valence-corrected chi connectivity index (χ0v) is 19.9. The molecule has 2 heterocycles. The lowest BCUT2D eigenvalue weighted by molar-refractivity contribution is -0.136. The van der Waals surface area contributed by atoms with Crippen LogP contribution in [-0.2, 0) is 14.3 Å². The Morgan fingerprint density at radius 1 is 1.15 bits per heavy atom. The van der Waals surface area contributed by atoms with Crippen molar-refractivity contribution in [3.63, 3.8) is 0 Å². The Hall–Kier alpha value is -2.91. The van der Waals surface area contributed by atoms with Gasteiger partial charge in [0.05, 0.1) is 12.1 Å². The third-order valence-corrected chi connectivity index (χ3v) is 5.40. The Labute approximate surface area is 197 Å². The van der Waals surface area contributed by atoms with Crippen LogP contribution in [0.1, 0.15) is 37.7 Å². The van der Waals surface area contributed by atoms with Gasteiger partial charge < -0.3 is 25.0 Å². The van der Waals surface area contributed by atoms with Gasteiger partial charge in [-0.25, -0.2) is 4.79 Å². The van der Waals surface area contributed by atoms with E-state index >= 15 is 0 Å². The molecule has 2 atom stereocenters. The van der Waals surface area contributed by atoms with E-state index in [1.807, 2.05) is 6.07 Å². The van der Waals surface area contributed by atoms with Crippen LogP contribution in [0.2, 0.25) is 5.02 Å². The summed E-state index contributed by atoms with van der Waals surface area (Å²) in [7, 11) is 1.45. The lowest BCUT2D eigenvalue weighted by atomic mass is 9.98. The number of hydrogen-bond donors (Lipinski definition) is 2. The van der Waals surface area contributed by atoms with E-state index in [0.29, 0.717) is 18.0 Å². The molecule has 1 aromatic heterocycles. The van der Waals surface area contributed by atoms with E-state index in [1.165, 1.54) is 7.11 Å². The van der Waals surface area contributed by atoms with Crippen LogP contribution < -0.4 is 10.6 Å². The topological polar surface area (TPSA) is 110 Å². The molecular weight excluding hydrogens is 448 g/mol. The number of likely N-dealkylation sites (tertiary alicyclic amines) is 1. The van der Waals surface area contributed by atoms with E-state index in [-0.39, 0.29) is 30.7 Å². The zero-order valence-electron chi connectivity index (χ0n) is 19.2. The largest absolute Gasteiger partial charge is 0.444 e. The summed E-state index contributed by atoms with van der Waals surface area (Å²) in [5.74, 6) is -0.558. The van der Waals surface area contributed by atoms with E-state index in [0.717, 1.165) is 10.8 Å². The fourth-order valence-corrected chi connectivity index (χ4v) is 3.83. The molecule has 0 saturated carbocycles. The summed E-state index contributed by atoms with van der Waals surface area (Å²) < 4.78 is 10.3. The Kier molecular flexibility index (Phi) is 7.76. The molecule has 3 amide bonds. The van der Waals surface area contributed by atoms with Crippen LogP contribution in [0, 0.1) is 0 Å². The summed E-state index contributed by atoms with van der Waals surface area (Å²) in [4.78, 5) is 43.5. The van der Waals surface area contributed by atoms with Crippen molar-refractivity contribution in [2.75, 3.05) is 26.8 Å². The maximum Gasteiger partial charge on any atom is 0.408 e. The second kappa shape index (κ2) is 10.4. The zero-order chi connectivity index (χ0) is 24.2. The van der Waals surface area contributed by atoms with Crippen molar-refractivity contribution in [1.82, 2.24) is 20.5 Å². The van der Waals surface area contributed by atoms with Gasteiger partial charge in [0, 0.05) is 36.8 Å². The van der Waals surface area contributed by atoms with E-state index in [2.05, 4.69) is 15.6 Å². The number of carbonyl (C=O) groups is 3. The number of aromatic nitrogens is 1. The van der Waals surface area contributed by atoms with Crippen molar-refractivity contribution in [1.29, 1.82) is 0 Å². The van der Waals surface area contributed by atoms with E-state index in [1.54, 1.807) is 50.1 Å². The standard InChI is InChI=1S/C23H29ClN4O5/c1-23(2,3)33-22(31)27-19-12-28(20(29)13-32-4)8-7-17(19)26-21(30)18-10-14-5-6-16(24)9-15(14)11-25-18/h5-6,9-11,17,19H,7-8,12-13H2,1-4H3,(H,26,30)(H,27,31)/t17-,19+/m0/s1. The average Bonchev–Trinajstić information content (AvgIpc) is 2.73. The van der Waals surface area contributed by atoms with Crippen LogP contribution in [0.25, 0.3) is 10.8 Å². The number of nitrogens with one attached hydrogen (secondary N) is 2. The molecule has 1 fully saturated rings. The van der Waals surface area contributed by atoms with Crippen molar-refractivity contribution in [2.24, 2.45) is 0 Å². The van der Waals surface area contributed by atoms with Gasteiger partial charge in [-0.3, -0.25) is 14.6 Å². The maximum absolute atomic E-state index is 13.0. The Morgan fingerprint density at radius 3 is 2.61 bits per heavy atom. The first kappa shape index (κ1) is 24.7. The second-order valence-electron chi connectivity index (χ2n) is 8.96. The van der Waals surface area contributed by atoms with E-state index in [9.17, 15) is 14.4 Å². The molecule has 2 aromatic rings. The average molecular weight is 477 g/mol. The molecule has 10 heteroatoms. The van der Waals surface area contributed by atoms with Crippen LogP contribution >= 0.6 is 11.6 Å². The molecular formula is C23H29ClN4O5. The SMILES string of the molecule is COCC(=O)N1CC[C@H](NC(=O)c2cc3ccc(Cl)cc3cn2)[C@H](NC(=O)OC(C)(C)C)C1. The lowest BCUT2D eigenvalue weighted by Gasteiger charge is -2.39. The highest BCUT2D eigenvalue weighted by Crippen LogP contribution is 2.20. The van der Waals surface area contributed by atoms with Gasteiger partial charge in [-0.1, -0.05) is 17.7 Å². The summed E-state index contributed by atoms with van der Waals surface area (Å²) in [6.07, 6.45) is 1.43. The number of nitrogens with zero attached hydrogens (tertiary/aromatic N) is 2. The smallest absolute Gasteiger partial charge is 0.408 e. The van der Waals surface area contributed by atoms with Crippen LogP contribution in [0.15, 0.2) is 30.5 Å². The van der Waals surface area contributed by atoms with Crippen molar-refractivity contribution in [3.05, 3.63) is 41.2 Å². The van der Waals surface area contributed by atoms with Gasteiger partial charge in [0.1, 0.15) is 17.9 Å². The first-order chi connectivity index (χ1) is 15.6. The molecule has 0 radical (unpaired) electrons. The normalized spacial score (nSPS) is 18.6. The van der Waals surface area contributed by atoms with Gasteiger partial charge in [-0.2, -0.15) is 0 Å². The van der Waals surface area contributed by atoms with Crippen molar-refractivity contribution in [3.8, 4) is 0 Å². The van der Waals surface area contributed by atoms with Crippen molar-refractivity contribution < 1.29 is 23.9 Å². The van der Waals surface area contributed by atoms with Crippen LogP contribution in [0.5, 0.6) is 0 Å². The summed E-state index contributed by atoms with van der Waals surface area (Å²) in [5, 5.41) is 8.01. The van der Waals surface area contributed by atoms with Gasteiger partial charge in [-0.15, -0.1) is 0 Å². The molecule has 0 aliphatic carbocycles. The summed E-state index contributed by atoms with van der Waals surface area (Å²) >= 11 is 6.01. The number of piperidine rings is 1. The van der Waals surface area contributed by atoms with Crippen LogP contribution in [-0.4, -0.2) is 72.3 Å². The van der Waals surface area contributed by atoms with Crippen molar-refractivity contribution in [2.45, 2.75) is 44.9 Å². The molecule has 1 saturated heterocycles. The number of benzene rings is 1. The second-order valence-corrected chi connectivity index (χ2v) is 9.39. The predicted octanol–water partition coefficient (Wildman–Crippen LogP) is 2.76. The maximum atomic E-state index is 13.0. The third kappa shape index (κ3) is 6.79. The Morgan fingerprint density at radius 2 is 1.91 bits per heavy atom. The van der Waals surface area contributed by atoms with Crippen LogP contribution in [0.4, 0.5) is 4.79 Å². The van der Waals surface area contributed by atoms with Gasteiger partial charge in [-0.05, 0) is 50.8 Å². The van der Waals surface area contributed by atoms with E-state index < -0.39 is 23.8 Å². The fourth-order valence-electron chi connectivity index (χ4n) is 3.65. The highest BCUT2D eigenvalue weighted by atomic mass is 35.5. The number of alkyl carbamates (subject to hydrolysis) is 1. The number of carbonyl (C=O) groups excluding carboxylic acids is 3. The lowest BCUT2D eigenvalue weighted by Crippen LogP contribution is -2.62. The monoisotopic (exact) mass is 476 g/mol. The number of fused-ring (bicyclic) bond motifs is 1. The van der Waals surface area contributed by atoms with E-state index in [4.69, 9.17) is 21.1 Å². The first-order valence-corrected chi connectivity index (χ1v) is 11.1. The molecule has 1 aliphatic rings. The number of ether oxygens (including phenoxy) is 2. The third-order valence-electron chi connectivity index (χ3n) is 5.17. The Balaban J connectivity index is 1.75. The quantitative estimate of drug-likeness (QED) is 0.686. The first-order valence-electron chi connectivity index (χ1n) is 10.7. The van der Waals surface area contributed by atoms with Gasteiger partial charge in [0.25, 0.3) is 5.91 Å². The minimum absolute atomic E-state index is 0.0544. The minimum Gasteiger partial charge on any atom is -0.444 e. The number of amides is 3. The van der Waals surface area contributed by atoms with Crippen LogP contribution in [0.3, 0.4) is 0 Å². The Bertz CT molecular complexity index is 1040. The fraction of sp³-hybridized carbons (Fsp3) is 0.478. The number of halogens is 1. The molecule has 178 valence electrons. The number of hydrogen-bond acceptors (Lipinski definition) is 6. The summed E-state index contributed by atoms with van der Waals surface area (Å²) in [6.45, 7) is 5.87. The minimum atomic E-state index is -0.680. The highest BCUT2D eigenvalue weighted by molar-refractivity contribution is 6.31. The molecule has 1 aliphatic heterocycles. The summed E-state index contributed by atoms with van der Waals surface area (Å²) in [6, 6.07) is 6.08.